The van der Waals surface area contributed by atoms with E-state index in [1.807, 2.05) is 0 Å². The fourth-order valence-corrected chi connectivity index (χ4v) is 1.94. The molecule has 1 heterocycles. The minimum absolute atomic E-state index is 0.0536. The monoisotopic (exact) mass is 316 g/mol. The Morgan fingerprint density at radius 3 is 2.10 bits per heavy atom. The number of nitrogens with zero attached hydrogens (tertiary/aromatic N) is 2. The van der Waals surface area contributed by atoms with Gasteiger partial charge in [0.1, 0.15) is 0 Å². The number of carbonyl (C=O) groups excluding carboxylic acids is 1. The average molecular weight is 316 g/mol. The van der Waals surface area contributed by atoms with Gasteiger partial charge in [-0.3, -0.25) is 9.48 Å². The summed E-state index contributed by atoms with van der Waals surface area (Å²) in [6.45, 7) is 3.62. The number of rotatable bonds is 5. The van der Waals surface area contributed by atoms with Crippen LogP contribution >= 0.6 is 0 Å². The normalized spacial score (nSPS) is 13.0. The van der Waals surface area contributed by atoms with Gasteiger partial charge in [-0.05, 0) is 19.4 Å². The molecule has 0 radical (unpaired) electrons. The van der Waals surface area contributed by atoms with Crippen molar-refractivity contribution in [2.45, 2.75) is 45.6 Å². The van der Waals surface area contributed by atoms with Gasteiger partial charge in [-0.15, -0.1) is 0 Å². The number of Topliss-reactive ketones (excluding diaryl/α,β-unsaturated/α-hetero) is 1. The lowest BCUT2D eigenvalue weighted by molar-refractivity contribution is -0.273. The van der Waals surface area contributed by atoms with Crippen LogP contribution in [-0.4, -0.2) is 27.9 Å². The zero-order chi connectivity index (χ0) is 16.4. The highest BCUT2D eigenvalue weighted by atomic mass is 19.4. The van der Waals surface area contributed by atoms with E-state index in [9.17, 15) is 31.1 Å². The molecule has 0 aromatic carbocycles. The van der Waals surface area contributed by atoms with E-state index in [1.165, 1.54) is 10.7 Å². The van der Waals surface area contributed by atoms with Crippen molar-refractivity contribution in [1.82, 2.24) is 9.78 Å². The zero-order valence-corrected chi connectivity index (χ0v) is 11.3. The average Bonchev–Trinajstić information content (AvgIpc) is 2.67. The molecule has 1 aromatic heterocycles. The molecule has 0 aliphatic carbocycles. The third kappa shape index (κ3) is 4.21. The number of hydrogen-bond acceptors (Lipinski definition) is 2. The minimum atomic E-state index is -5.65. The van der Waals surface area contributed by atoms with E-state index in [0.29, 0.717) is 12.1 Å². The van der Waals surface area contributed by atoms with Gasteiger partial charge in [-0.25, -0.2) is 0 Å². The molecule has 0 fully saturated rings. The predicted molar refractivity (Wildman–Crippen MR) is 61.6 cm³/mol. The van der Waals surface area contributed by atoms with E-state index in [0.717, 1.165) is 0 Å². The van der Waals surface area contributed by atoms with Crippen molar-refractivity contribution in [2.24, 2.45) is 5.92 Å². The fraction of sp³-hybridized carbons (Fsp3) is 0.667. The highest BCUT2D eigenvalue weighted by Gasteiger charge is 2.60. The summed E-state index contributed by atoms with van der Waals surface area (Å²) in [6, 6.07) is 1.35. The predicted octanol–water partition coefficient (Wildman–Crippen LogP) is 3.32. The Hall–Kier alpha value is -1.54. The molecule has 0 spiro atoms. The molecule has 0 amide bonds. The van der Waals surface area contributed by atoms with Gasteiger partial charge in [0.05, 0.1) is 5.69 Å². The van der Waals surface area contributed by atoms with Gasteiger partial charge in [-0.2, -0.15) is 31.4 Å². The maximum Gasteiger partial charge on any atom is 0.407 e. The van der Waals surface area contributed by atoms with Crippen molar-refractivity contribution in [3.63, 3.8) is 0 Å². The minimum Gasteiger partial charge on any atom is -0.298 e. The van der Waals surface area contributed by atoms with E-state index in [1.54, 1.807) is 13.8 Å². The van der Waals surface area contributed by atoms with E-state index in [4.69, 9.17) is 0 Å². The highest BCUT2D eigenvalue weighted by Crippen LogP contribution is 2.40. The summed E-state index contributed by atoms with van der Waals surface area (Å²) < 4.78 is 76.0. The summed E-state index contributed by atoms with van der Waals surface area (Å²) in [7, 11) is 0. The van der Waals surface area contributed by atoms with Crippen LogP contribution in [0.4, 0.5) is 26.3 Å². The quantitative estimate of drug-likeness (QED) is 0.781. The van der Waals surface area contributed by atoms with Crippen molar-refractivity contribution < 1.29 is 31.1 Å². The highest BCUT2D eigenvalue weighted by molar-refractivity contribution is 5.84. The summed E-state index contributed by atoms with van der Waals surface area (Å²) >= 11 is 0. The van der Waals surface area contributed by atoms with Crippen LogP contribution in [0.2, 0.25) is 0 Å². The van der Waals surface area contributed by atoms with Gasteiger partial charge in [0, 0.05) is 18.7 Å². The Balaban J connectivity index is 3.05. The molecule has 21 heavy (non-hydrogen) atoms. The molecule has 0 atom stereocenters. The number of alkyl halides is 6. The molecule has 0 unspecified atom stereocenters. The number of carbonyl (C=O) groups is 1. The van der Waals surface area contributed by atoms with Crippen LogP contribution in [0.1, 0.15) is 25.2 Å². The van der Waals surface area contributed by atoms with Crippen LogP contribution in [0.25, 0.3) is 0 Å². The summed E-state index contributed by atoms with van der Waals surface area (Å²) in [4.78, 5) is 11.5. The number of hydrogen-bond donors (Lipinski definition) is 0. The Morgan fingerprint density at radius 2 is 1.71 bits per heavy atom. The van der Waals surface area contributed by atoms with Crippen LogP contribution < -0.4 is 0 Å². The molecule has 0 saturated carbocycles. The van der Waals surface area contributed by atoms with Crippen LogP contribution in [-0.2, 0) is 24.2 Å². The van der Waals surface area contributed by atoms with Crippen LogP contribution in [0.15, 0.2) is 6.07 Å². The lowest BCUT2D eigenvalue weighted by atomic mass is 9.99. The summed E-state index contributed by atoms with van der Waals surface area (Å²) in [5.74, 6) is -5.89. The number of halogens is 6. The molecule has 9 heteroatoms. The fourth-order valence-electron chi connectivity index (χ4n) is 1.94. The molecule has 0 aliphatic heterocycles. The van der Waals surface area contributed by atoms with Crippen molar-refractivity contribution in [3.8, 4) is 0 Å². The van der Waals surface area contributed by atoms with E-state index in [-0.39, 0.29) is 12.2 Å². The Bertz CT molecular complexity index is 489. The molecule has 0 bridgehead atoms. The molecule has 0 N–H and O–H groups in total. The SMILES string of the molecule is CCc1cc(CC(=O)C(C(F)(F)F)C(F)(F)F)n(CC)n1. The maximum atomic E-state index is 12.5. The first kappa shape index (κ1) is 17.5. The van der Waals surface area contributed by atoms with Gasteiger partial charge in [0.2, 0.25) is 5.92 Å². The second kappa shape index (κ2) is 6.07. The molecule has 1 rings (SSSR count). The van der Waals surface area contributed by atoms with Gasteiger partial charge >= 0.3 is 12.4 Å². The van der Waals surface area contributed by atoms with Gasteiger partial charge < -0.3 is 0 Å². The first-order chi connectivity index (χ1) is 9.50. The summed E-state index contributed by atoms with van der Waals surface area (Å²) in [5, 5.41) is 3.99. The lowest BCUT2D eigenvalue weighted by Gasteiger charge is -2.21. The number of aromatic nitrogens is 2. The lowest BCUT2D eigenvalue weighted by Crippen LogP contribution is -2.43. The smallest absolute Gasteiger partial charge is 0.298 e. The van der Waals surface area contributed by atoms with Crippen molar-refractivity contribution >= 4 is 5.78 Å². The number of ketones is 1. The standard InChI is InChI=1S/C12H14F6N2O/c1-3-7-5-8(20(4-2)19-7)6-9(21)10(11(13,14)15)12(16,17)18/h5,10H,3-4,6H2,1-2H3. The molecular weight excluding hydrogens is 302 g/mol. The largest absolute Gasteiger partial charge is 0.407 e. The first-order valence-corrected chi connectivity index (χ1v) is 6.22. The first-order valence-electron chi connectivity index (χ1n) is 6.22. The molecule has 0 saturated heterocycles. The Labute approximate surface area is 116 Å². The topological polar surface area (TPSA) is 34.9 Å². The Kier molecular flexibility index (Phi) is 5.06. The van der Waals surface area contributed by atoms with E-state index >= 15 is 0 Å². The van der Waals surface area contributed by atoms with Crippen molar-refractivity contribution in [1.29, 1.82) is 0 Å². The zero-order valence-electron chi connectivity index (χ0n) is 11.3. The molecule has 0 aliphatic rings. The van der Waals surface area contributed by atoms with Gasteiger partial charge in [0.25, 0.3) is 0 Å². The van der Waals surface area contributed by atoms with E-state index < -0.39 is 30.5 Å². The second-order valence-electron chi connectivity index (χ2n) is 4.46. The van der Waals surface area contributed by atoms with Crippen molar-refractivity contribution in [2.75, 3.05) is 0 Å². The molecule has 120 valence electrons. The Morgan fingerprint density at radius 1 is 1.19 bits per heavy atom. The third-order valence-electron chi connectivity index (χ3n) is 2.91. The number of aryl methyl sites for hydroxylation is 2. The van der Waals surface area contributed by atoms with Crippen molar-refractivity contribution in [3.05, 3.63) is 17.5 Å². The van der Waals surface area contributed by atoms with Crippen LogP contribution in [0.5, 0.6) is 0 Å². The van der Waals surface area contributed by atoms with Gasteiger partial charge in [-0.1, -0.05) is 6.92 Å². The third-order valence-corrected chi connectivity index (χ3v) is 2.91. The second-order valence-corrected chi connectivity index (χ2v) is 4.46. The van der Waals surface area contributed by atoms with Crippen LogP contribution in [0, 0.1) is 5.92 Å². The van der Waals surface area contributed by atoms with Gasteiger partial charge in [0.15, 0.2) is 5.78 Å². The molecular formula is C12H14F6N2O. The van der Waals surface area contributed by atoms with Crippen LogP contribution in [0.3, 0.4) is 0 Å². The molecule has 3 nitrogen and oxygen atoms in total. The van der Waals surface area contributed by atoms with E-state index in [2.05, 4.69) is 5.10 Å². The maximum absolute atomic E-state index is 12.5. The summed E-state index contributed by atoms with van der Waals surface area (Å²) in [6.07, 6.45) is -11.8. The molecule has 1 aromatic rings. The summed E-state index contributed by atoms with van der Waals surface area (Å²) in [5.41, 5.74) is 0.563.